The third-order valence-corrected chi connectivity index (χ3v) is 2.56. The standard InChI is InChI=1S/C12H20N2O2/c1-9-7-10(3-4-12(9)16-2)11(8-13)14-5-6-15/h3-4,7,11,14-15H,5-6,8,13H2,1-2H3. The Morgan fingerprint density at radius 3 is 2.75 bits per heavy atom. The van der Waals surface area contributed by atoms with Gasteiger partial charge in [0.15, 0.2) is 0 Å². The Hall–Kier alpha value is -1.10. The van der Waals surface area contributed by atoms with Gasteiger partial charge in [0.2, 0.25) is 0 Å². The van der Waals surface area contributed by atoms with Gasteiger partial charge < -0.3 is 20.9 Å². The zero-order valence-electron chi connectivity index (χ0n) is 9.86. The number of rotatable bonds is 6. The van der Waals surface area contributed by atoms with Crippen molar-refractivity contribution in [2.75, 3.05) is 26.8 Å². The average Bonchev–Trinajstić information content (AvgIpc) is 2.30. The summed E-state index contributed by atoms with van der Waals surface area (Å²) in [6, 6.07) is 6.07. The predicted octanol–water partition coefficient (Wildman–Crippen LogP) is 0.585. The Labute approximate surface area is 96.4 Å². The largest absolute Gasteiger partial charge is 0.496 e. The Morgan fingerprint density at radius 2 is 2.25 bits per heavy atom. The van der Waals surface area contributed by atoms with Crippen molar-refractivity contribution >= 4 is 0 Å². The molecule has 0 fully saturated rings. The van der Waals surface area contributed by atoms with Crippen molar-refractivity contribution in [1.82, 2.24) is 5.32 Å². The minimum atomic E-state index is 0.0803. The summed E-state index contributed by atoms with van der Waals surface area (Å²) in [6.07, 6.45) is 0. The minimum absolute atomic E-state index is 0.0803. The molecule has 0 amide bonds. The van der Waals surface area contributed by atoms with E-state index in [-0.39, 0.29) is 12.6 Å². The molecule has 0 aliphatic carbocycles. The molecule has 0 saturated carbocycles. The molecule has 0 heterocycles. The fourth-order valence-electron chi connectivity index (χ4n) is 1.69. The Morgan fingerprint density at radius 1 is 1.50 bits per heavy atom. The molecule has 0 spiro atoms. The van der Waals surface area contributed by atoms with E-state index in [1.807, 2.05) is 19.1 Å². The molecular weight excluding hydrogens is 204 g/mol. The van der Waals surface area contributed by atoms with Crippen molar-refractivity contribution in [3.63, 3.8) is 0 Å². The van der Waals surface area contributed by atoms with Crippen LogP contribution in [0.15, 0.2) is 18.2 Å². The van der Waals surface area contributed by atoms with Crippen molar-refractivity contribution < 1.29 is 9.84 Å². The van der Waals surface area contributed by atoms with Crippen molar-refractivity contribution in [1.29, 1.82) is 0 Å². The fourth-order valence-corrected chi connectivity index (χ4v) is 1.69. The molecular formula is C12H20N2O2. The molecule has 90 valence electrons. The molecule has 1 unspecified atom stereocenters. The number of benzene rings is 1. The number of nitrogens with two attached hydrogens (primary N) is 1. The van der Waals surface area contributed by atoms with E-state index >= 15 is 0 Å². The van der Waals surface area contributed by atoms with E-state index in [9.17, 15) is 0 Å². The smallest absolute Gasteiger partial charge is 0.121 e. The maximum atomic E-state index is 8.77. The minimum Gasteiger partial charge on any atom is -0.496 e. The van der Waals surface area contributed by atoms with Crippen molar-refractivity contribution in [2.24, 2.45) is 5.73 Å². The third-order valence-electron chi connectivity index (χ3n) is 2.56. The van der Waals surface area contributed by atoms with Gasteiger partial charge in [0, 0.05) is 19.1 Å². The third kappa shape index (κ3) is 3.20. The quantitative estimate of drug-likeness (QED) is 0.661. The lowest BCUT2D eigenvalue weighted by atomic mass is 10.0. The summed E-state index contributed by atoms with van der Waals surface area (Å²) in [7, 11) is 1.66. The number of aliphatic hydroxyl groups excluding tert-OH is 1. The molecule has 4 nitrogen and oxygen atoms in total. The van der Waals surface area contributed by atoms with Gasteiger partial charge in [-0.15, -0.1) is 0 Å². The van der Waals surface area contributed by atoms with E-state index in [4.69, 9.17) is 15.6 Å². The maximum Gasteiger partial charge on any atom is 0.121 e. The van der Waals surface area contributed by atoms with E-state index < -0.39 is 0 Å². The van der Waals surface area contributed by atoms with Crippen LogP contribution in [-0.4, -0.2) is 31.9 Å². The predicted molar refractivity (Wildman–Crippen MR) is 64.6 cm³/mol. The topological polar surface area (TPSA) is 67.5 Å². The lowest BCUT2D eigenvalue weighted by molar-refractivity contribution is 0.285. The summed E-state index contributed by atoms with van der Waals surface area (Å²) in [6.45, 7) is 3.17. The normalized spacial score (nSPS) is 12.5. The molecule has 0 aliphatic rings. The molecule has 1 aromatic rings. The highest BCUT2D eigenvalue weighted by Gasteiger charge is 2.09. The lowest BCUT2D eigenvalue weighted by Gasteiger charge is -2.18. The number of aliphatic hydroxyl groups is 1. The number of nitrogens with one attached hydrogen (secondary N) is 1. The van der Waals surface area contributed by atoms with Crippen LogP contribution in [0.4, 0.5) is 0 Å². The SMILES string of the molecule is COc1ccc(C(CN)NCCO)cc1C. The summed E-state index contributed by atoms with van der Waals surface area (Å²) in [5.74, 6) is 0.877. The molecule has 0 radical (unpaired) electrons. The number of methoxy groups -OCH3 is 1. The second-order valence-electron chi connectivity index (χ2n) is 3.70. The molecule has 0 aromatic heterocycles. The first-order valence-electron chi connectivity index (χ1n) is 5.41. The van der Waals surface area contributed by atoms with Crippen LogP contribution in [0.2, 0.25) is 0 Å². The monoisotopic (exact) mass is 224 g/mol. The molecule has 0 saturated heterocycles. The van der Waals surface area contributed by atoms with Gasteiger partial charge in [-0.05, 0) is 24.1 Å². The Bertz CT molecular complexity index is 329. The number of ether oxygens (including phenoxy) is 1. The molecule has 0 bridgehead atoms. The van der Waals surface area contributed by atoms with Crippen LogP contribution in [0.5, 0.6) is 5.75 Å². The van der Waals surface area contributed by atoms with Gasteiger partial charge >= 0.3 is 0 Å². The molecule has 4 N–H and O–H groups in total. The van der Waals surface area contributed by atoms with Crippen molar-refractivity contribution in [2.45, 2.75) is 13.0 Å². The van der Waals surface area contributed by atoms with Gasteiger partial charge in [0.05, 0.1) is 13.7 Å². The van der Waals surface area contributed by atoms with Gasteiger partial charge in [-0.25, -0.2) is 0 Å². The molecule has 1 aromatic carbocycles. The molecule has 0 aliphatic heterocycles. The Kier molecular flexibility index (Phi) is 5.25. The van der Waals surface area contributed by atoms with Crippen LogP contribution in [-0.2, 0) is 0 Å². The van der Waals surface area contributed by atoms with E-state index in [0.717, 1.165) is 16.9 Å². The fraction of sp³-hybridized carbons (Fsp3) is 0.500. The summed E-state index contributed by atoms with van der Waals surface area (Å²) in [5, 5.41) is 12.0. The lowest BCUT2D eigenvalue weighted by Crippen LogP contribution is -2.30. The molecule has 1 rings (SSSR count). The van der Waals surface area contributed by atoms with Crippen molar-refractivity contribution in [3.05, 3.63) is 29.3 Å². The van der Waals surface area contributed by atoms with Crippen LogP contribution in [0.3, 0.4) is 0 Å². The summed E-state index contributed by atoms with van der Waals surface area (Å²) in [4.78, 5) is 0. The van der Waals surface area contributed by atoms with Crippen LogP contribution in [0, 0.1) is 6.92 Å². The van der Waals surface area contributed by atoms with E-state index in [0.29, 0.717) is 13.1 Å². The summed E-state index contributed by atoms with van der Waals surface area (Å²) < 4.78 is 5.20. The van der Waals surface area contributed by atoms with Gasteiger partial charge in [0.1, 0.15) is 5.75 Å². The van der Waals surface area contributed by atoms with Crippen LogP contribution in [0.1, 0.15) is 17.2 Å². The van der Waals surface area contributed by atoms with Gasteiger partial charge in [-0.2, -0.15) is 0 Å². The first kappa shape index (κ1) is 13.0. The highest BCUT2D eigenvalue weighted by molar-refractivity contribution is 5.37. The highest BCUT2D eigenvalue weighted by atomic mass is 16.5. The van der Waals surface area contributed by atoms with Crippen molar-refractivity contribution in [3.8, 4) is 5.75 Å². The van der Waals surface area contributed by atoms with E-state index in [2.05, 4.69) is 11.4 Å². The van der Waals surface area contributed by atoms with Gasteiger partial charge in [-0.3, -0.25) is 0 Å². The Balaban J connectivity index is 2.80. The molecule has 4 heteroatoms. The van der Waals surface area contributed by atoms with Crippen LogP contribution in [0.25, 0.3) is 0 Å². The van der Waals surface area contributed by atoms with Gasteiger partial charge in [-0.1, -0.05) is 12.1 Å². The van der Waals surface area contributed by atoms with Crippen LogP contribution < -0.4 is 15.8 Å². The zero-order chi connectivity index (χ0) is 12.0. The van der Waals surface area contributed by atoms with E-state index in [1.165, 1.54) is 0 Å². The highest BCUT2D eigenvalue weighted by Crippen LogP contribution is 2.21. The number of hydrogen-bond acceptors (Lipinski definition) is 4. The second-order valence-corrected chi connectivity index (χ2v) is 3.70. The molecule has 16 heavy (non-hydrogen) atoms. The second kappa shape index (κ2) is 6.48. The van der Waals surface area contributed by atoms with Crippen LogP contribution >= 0.6 is 0 Å². The number of hydrogen-bond donors (Lipinski definition) is 3. The first-order chi connectivity index (χ1) is 7.72. The molecule has 1 atom stereocenters. The van der Waals surface area contributed by atoms with E-state index in [1.54, 1.807) is 7.11 Å². The first-order valence-corrected chi connectivity index (χ1v) is 5.41. The zero-order valence-corrected chi connectivity index (χ0v) is 9.86. The summed E-state index contributed by atoms with van der Waals surface area (Å²) in [5.41, 5.74) is 7.90. The summed E-state index contributed by atoms with van der Waals surface area (Å²) >= 11 is 0. The average molecular weight is 224 g/mol. The number of aryl methyl sites for hydroxylation is 1. The van der Waals surface area contributed by atoms with Gasteiger partial charge in [0.25, 0.3) is 0 Å². The maximum absolute atomic E-state index is 8.77.